The van der Waals surface area contributed by atoms with Gasteiger partial charge in [-0.1, -0.05) is 0 Å². The topological polar surface area (TPSA) is 90.4 Å². The maximum atomic E-state index is 5.80. The highest BCUT2D eigenvalue weighted by Crippen LogP contribution is 2.25. The van der Waals surface area contributed by atoms with Crippen molar-refractivity contribution < 1.29 is 4.74 Å². The number of anilines is 1. The summed E-state index contributed by atoms with van der Waals surface area (Å²) in [5, 5.41) is 7.64. The fourth-order valence-electron chi connectivity index (χ4n) is 2.48. The van der Waals surface area contributed by atoms with Gasteiger partial charge in [-0.15, -0.1) is 0 Å². The molecular weight excluding hydrogens is 232 g/mol. The van der Waals surface area contributed by atoms with E-state index in [2.05, 4.69) is 20.4 Å². The number of nitrogen functional groups attached to an aromatic ring is 1. The van der Waals surface area contributed by atoms with Gasteiger partial charge in [0.25, 0.3) is 0 Å². The van der Waals surface area contributed by atoms with Gasteiger partial charge < -0.3 is 15.8 Å². The summed E-state index contributed by atoms with van der Waals surface area (Å²) in [5.74, 6) is 1.73. The third-order valence-corrected chi connectivity index (χ3v) is 3.35. The number of hydrogen-bond acceptors (Lipinski definition) is 6. The van der Waals surface area contributed by atoms with E-state index in [9.17, 15) is 0 Å². The van der Waals surface area contributed by atoms with Crippen LogP contribution in [0.3, 0.4) is 0 Å². The molecule has 7 heteroatoms. The van der Waals surface area contributed by atoms with Crippen molar-refractivity contribution in [3.63, 3.8) is 0 Å². The molecule has 0 spiro atoms. The molecule has 3 N–H and O–H groups in total. The zero-order valence-corrected chi connectivity index (χ0v) is 10.2. The number of hydrogen-bond donors (Lipinski definition) is 2. The van der Waals surface area contributed by atoms with Crippen LogP contribution in [-0.2, 0) is 4.74 Å². The van der Waals surface area contributed by atoms with Crippen molar-refractivity contribution in [2.45, 2.75) is 18.4 Å². The Labute approximate surface area is 104 Å². The summed E-state index contributed by atoms with van der Waals surface area (Å²) < 4.78 is 6.94. The van der Waals surface area contributed by atoms with Gasteiger partial charge in [0.05, 0.1) is 12.8 Å². The molecule has 0 aliphatic carbocycles. The van der Waals surface area contributed by atoms with Gasteiger partial charge in [-0.05, 0) is 6.42 Å². The summed E-state index contributed by atoms with van der Waals surface area (Å²) in [6.45, 7) is 1.61. The lowest BCUT2D eigenvalue weighted by molar-refractivity contribution is 0.173. The molecule has 7 nitrogen and oxygen atoms in total. The van der Waals surface area contributed by atoms with Gasteiger partial charge in [0.2, 0.25) is 0 Å². The maximum absolute atomic E-state index is 5.80. The number of nitrogens with one attached hydrogen (secondary N) is 1. The van der Waals surface area contributed by atoms with Crippen LogP contribution in [-0.4, -0.2) is 45.9 Å². The van der Waals surface area contributed by atoms with Crippen molar-refractivity contribution in [2.75, 3.05) is 26.0 Å². The van der Waals surface area contributed by atoms with Crippen LogP contribution in [0.2, 0.25) is 0 Å². The van der Waals surface area contributed by atoms with E-state index >= 15 is 0 Å². The summed E-state index contributed by atoms with van der Waals surface area (Å²) in [6, 6.07) is 0.381. The molecule has 1 aliphatic heterocycles. The third-order valence-electron chi connectivity index (χ3n) is 3.35. The summed E-state index contributed by atoms with van der Waals surface area (Å²) in [6.07, 6.45) is 4.19. The Morgan fingerprint density at radius 1 is 1.56 bits per heavy atom. The quantitative estimate of drug-likeness (QED) is 0.781. The first-order valence-electron chi connectivity index (χ1n) is 5.96. The lowest BCUT2D eigenvalue weighted by Crippen LogP contribution is -2.25. The van der Waals surface area contributed by atoms with E-state index in [1.165, 1.54) is 6.33 Å². The molecule has 1 saturated heterocycles. The van der Waals surface area contributed by atoms with Gasteiger partial charge in [0.1, 0.15) is 17.7 Å². The van der Waals surface area contributed by atoms with E-state index in [1.807, 2.05) is 0 Å². The van der Waals surface area contributed by atoms with Crippen molar-refractivity contribution in [2.24, 2.45) is 0 Å². The second-order valence-electron chi connectivity index (χ2n) is 4.55. The molecule has 0 amide bonds. The molecule has 0 aromatic carbocycles. The van der Waals surface area contributed by atoms with Crippen LogP contribution in [0.5, 0.6) is 0 Å². The molecule has 3 rings (SSSR count). The first-order chi connectivity index (χ1) is 8.79. The van der Waals surface area contributed by atoms with Gasteiger partial charge in [0.15, 0.2) is 5.82 Å². The number of rotatable bonds is 3. The van der Waals surface area contributed by atoms with Gasteiger partial charge in [-0.2, -0.15) is 5.10 Å². The lowest BCUT2D eigenvalue weighted by Gasteiger charge is -2.08. The summed E-state index contributed by atoms with van der Waals surface area (Å²) in [4.78, 5) is 8.39. The maximum Gasteiger partial charge on any atom is 0.153 e. The number of nitrogens with two attached hydrogens (primary N) is 1. The van der Waals surface area contributed by atoms with Crippen LogP contribution in [0.25, 0.3) is 5.52 Å². The minimum atomic E-state index is 0.335. The van der Waals surface area contributed by atoms with E-state index in [0.717, 1.165) is 30.9 Å². The molecule has 18 heavy (non-hydrogen) atoms. The van der Waals surface area contributed by atoms with Crippen molar-refractivity contribution in [1.29, 1.82) is 0 Å². The standard InChI is InChI=1S/C11H16N6O/c1-18-5-8-2-7(3-13-8)11-14-4-9-10(12)15-6-16-17(9)11/h4,6-8,13H,2-3,5H2,1H3,(H2,12,15,16)/t7?,8-/m1/s1. The van der Waals surface area contributed by atoms with Crippen LogP contribution in [0.15, 0.2) is 12.5 Å². The smallest absolute Gasteiger partial charge is 0.153 e. The van der Waals surface area contributed by atoms with Gasteiger partial charge in [-0.25, -0.2) is 14.5 Å². The Morgan fingerprint density at radius 2 is 2.44 bits per heavy atom. The Morgan fingerprint density at radius 3 is 3.28 bits per heavy atom. The summed E-state index contributed by atoms with van der Waals surface area (Å²) in [5.41, 5.74) is 6.56. The van der Waals surface area contributed by atoms with Crippen molar-refractivity contribution in [3.8, 4) is 0 Å². The molecule has 1 unspecified atom stereocenters. The Bertz CT molecular complexity index is 553. The lowest BCUT2D eigenvalue weighted by atomic mass is 10.1. The molecule has 96 valence electrons. The molecule has 2 aromatic heterocycles. The second-order valence-corrected chi connectivity index (χ2v) is 4.55. The van der Waals surface area contributed by atoms with Gasteiger partial charge >= 0.3 is 0 Å². The first-order valence-corrected chi connectivity index (χ1v) is 5.96. The van der Waals surface area contributed by atoms with Crippen molar-refractivity contribution >= 4 is 11.3 Å². The molecule has 0 saturated carbocycles. The number of ether oxygens (including phenoxy) is 1. The Hall–Kier alpha value is -1.73. The van der Waals surface area contributed by atoms with E-state index in [-0.39, 0.29) is 0 Å². The highest BCUT2D eigenvalue weighted by molar-refractivity contribution is 5.63. The fourth-order valence-corrected chi connectivity index (χ4v) is 2.48. The molecule has 3 heterocycles. The zero-order valence-electron chi connectivity index (χ0n) is 10.2. The highest BCUT2D eigenvalue weighted by atomic mass is 16.5. The van der Waals surface area contributed by atoms with E-state index in [0.29, 0.717) is 17.8 Å². The third kappa shape index (κ3) is 1.81. The predicted molar refractivity (Wildman–Crippen MR) is 66.2 cm³/mol. The molecule has 2 aromatic rings. The van der Waals surface area contributed by atoms with Crippen molar-refractivity contribution in [3.05, 3.63) is 18.3 Å². The minimum Gasteiger partial charge on any atom is -0.383 e. The van der Waals surface area contributed by atoms with E-state index < -0.39 is 0 Å². The average Bonchev–Trinajstić information content (AvgIpc) is 2.96. The summed E-state index contributed by atoms with van der Waals surface area (Å²) in [7, 11) is 1.72. The molecule has 1 fully saturated rings. The first kappa shape index (κ1) is 11.4. The zero-order chi connectivity index (χ0) is 12.5. The Balaban J connectivity index is 1.89. The SMILES string of the molecule is COC[C@H]1CC(c2ncc3c(N)ncnn23)CN1. The molecule has 1 aliphatic rings. The van der Waals surface area contributed by atoms with Crippen LogP contribution >= 0.6 is 0 Å². The second kappa shape index (κ2) is 4.51. The van der Waals surface area contributed by atoms with Crippen LogP contribution in [0, 0.1) is 0 Å². The van der Waals surface area contributed by atoms with E-state index in [4.69, 9.17) is 10.5 Å². The molecular formula is C11H16N6O. The number of nitrogens with zero attached hydrogens (tertiary/aromatic N) is 4. The fraction of sp³-hybridized carbons (Fsp3) is 0.545. The van der Waals surface area contributed by atoms with Crippen LogP contribution in [0.4, 0.5) is 5.82 Å². The largest absolute Gasteiger partial charge is 0.383 e. The Kier molecular flexibility index (Phi) is 2.85. The van der Waals surface area contributed by atoms with Crippen molar-refractivity contribution in [1.82, 2.24) is 24.9 Å². The highest BCUT2D eigenvalue weighted by Gasteiger charge is 2.28. The summed E-state index contributed by atoms with van der Waals surface area (Å²) >= 11 is 0. The monoisotopic (exact) mass is 248 g/mol. The van der Waals surface area contributed by atoms with E-state index in [1.54, 1.807) is 17.8 Å². The van der Waals surface area contributed by atoms with Crippen LogP contribution in [0.1, 0.15) is 18.2 Å². The number of aromatic nitrogens is 4. The number of imidazole rings is 1. The van der Waals surface area contributed by atoms with Gasteiger partial charge in [0, 0.05) is 25.6 Å². The average molecular weight is 248 g/mol. The molecule has 0 radical (unpaired) electrons. The number of fused-ring (bicyclic) bond motifs is 1. The van der Waals surface area contributed by atoms with Gasteiger partial charge in [-0.3, -0.25) is 0 Å². The van der Waals surface area contributed by atoms with Crippen LogP contribution < -0.4 is 11.1 Å². The predicted octanol–water partition coefficient (Wildman–Crippen LogP) is -0.202. The molecule has 2 atom stereocenters. The normalized spacial score (nSPS) is 23.8. The molecule has 0 bridgehead atoms. The number of methoxy groups -OCH3 is 1. The minimum absolute atomic E-state index is 0.335.